The van der Waals surface area contributed by atoms with Crippen LogP contribution in [-0.4, -0.2) is 24.6 Å². The van der Waals surface area contributed by atoms with E-state index in [9.17, 15) is 14.5 Å². The fourth-order valence-electron chi connectivity index (χ4n) is 2.62. The van der Waals surface area contributed by atoms with Gasteiger partial charge in [0.05, 0.1) is 4.92 Å². The molecule has 0 radical (unpaired) electrons. The van der Waals surface area contributed by atoms with E-state index in [0.717, 1.165) is 6.42 Å². The van der Waals surface area contributed by atoms with E-state index in [2.05, 4.69) is 6.92 Å². The molecular formula is C13H18FN3O2. The Morgan fingerprint density at radius 2 is 2.32 bits per heavy atom. The first kappa shape index (κ1) is 13.7. The van der Waals surface area contributed by atoms with E-state index in [1.54, 1.807) is 4.90 Å². The summed E-state index contributed by atoms with van der Waals surface area (Å²) in [6.45, 7) is 3.82. The number of anilines is 1. The lowest BCUT2D eigenvalue weighted by Gasteiger charge is -2.37. The quantitative estimate of drug-likeness (QED) is 0.672. The van der Waals surface area contributed by atoms with Crippen LogP contribution in [0.15, 0.2) is 18.2 Å². The fourth-order valence-corrected chi connectivity index (χ4v) is 2.62. The highest BCUT2D eigenvalue weighted by atomic mass is 19.1. The van der Waals surface area contributed by atoms with Crippen molar-refractivity contribution in [1.82, 2.24) is 0 Å². The van der Waals surface area contributed by atoms with Gasteiger partial charge >= 0.3 is 0 Å². The second-order valence-electron chi connectivity index (χ2n) is 5.07. The second-order valence-corrected chi connectivity index (χ2v) is 5.07. The Hall–Kier alpha value is -1.69. The second kappa shape index (κ2) is 5.52. The molecule has 1 saturated heterocycles. The third kappa shape index (κ3) is 2.68. The van der Waals surface area contributed by atoms with Crippen molar-refractivity contribution in [2.45, 2.75) is 13.3 Å². The van der Waals surface area contributed by atoms with Crippen molar-refractivity contribution in [2.75, 3.05) is 24.5 Å². The smallest absolute Gasteiger partial charge is 0.295 e. The van der Waals surface area contributed by atoms with Crippen LogP contribution in [0.1, 0.15) is 13.3 Å². The number of hydrogen-bond acceptors (Lipinski definition) is 4. The van der Waals surface area contributed by atoms with Gasteiger partial charge in [-0.15, -0.1) is 0 Å². The van der Waals surface area contributed by atoms with Crippen LogP contribution in [0.2, 0.25) is 0 Å². The minimum atomic E-state index is -0.542. The maximum atomic E-state index is 13.9. The Balaban J connectivity index is 2.34. The van der Waals surface area contributed by atoms with Gasteiger partial charge in [-0.05, 0) is 30.9 Å². The molecule has 6 heteroatoms. The molecule has 1 aromatic carbocycles. The van der Waals surface area contributed by atoms with Crippen molar-refractivity contribution in [2.24, 2.45) is 17.6 Å². The minimum absolute atomic E-state index is 0.0952. The number of nitro groups is 1. The summed E-state index contributed by atoms with van der Waals surface area (Å²) in [7, 11) is 0. The van der Waals surface area contributed by atoms with Crippen molar-refractivity contribution in [1.29, 1.82) is 0 Å². The lowest BCUT2D eigenvalue weighted by Crippen LogP contribution is -2.43. The Bertz CT molecular complexity index is 481. The average Bonchev–Trinajstić information content (AvgIpc) is 2.39. The summed E-state index contributed by atoms with van der Waals surface area (Å²) in [5.74, 6) is 0.166. The van der Waals surface area contributed by atoms with Crippen LogP contribution >= 0.6 is 0 Å². The summed E-state index contributed by atoms with van der Waals surface area (Å²) in [5, 5.41) is 11.0. The lowest BCUT2D eigenvalue weighted by atomic mass is 9.87. The van der Waals surface area contributed by atoms with Gasteiger partial charge in [-0.25, -0.2) is 4.39 Å². The maximum absolute atomic E-state index is 13.9. The first-order valence-corrected chi connectivity index (χ1v) is 6.42. The molecule has 2 unspecified atom stereocenters. The van der Waals surface area contributed by atoms with E-state index in [4.69, 9.17) is 5.73 Å². The highest BCUT2D eigenvalue weighted by Gasteiger charge is 2.30. The zero-order chi connectivity index (χ0) is 14.0. The molecule has 2 N–H and O–H groups in total. The van der Waals surface area contributed by atoms with Crippen LogP contribution in [0.4, 0.5) is 15.8 Å². The van der Waals surface area contributed by atoms with Gasteiger partial charge in [-0.3, -0.25) is 10.1 Å². The summed E-state index contributed by atoms with van der Waals surface area (Å²) in [4.78, 5) is 12.2. The summed E-state index contributed by atoms with van der Waals surface area (Å²) >= 11 is 0. The number of nitrogens with zero attached hydrogens (tertiary/aromatic N) is 2. The van der Waals surface area contributed by atoms with Gasteiger partial charge in [-0.2, -0.15) is 0 Å². The molecule has 2 atom stereocenters. The Morgan fingerprint density at radius 1 is 1.58 bits per heavy atom. The number of rotatable bonds is 3. The molecule has 0 saturated carbocycles. The van der Waals surface area contributed by atoms with Gasteiger partial charge < -0.3 is 10.6 Å². The van der Waals surface area contributed by atoms with Crippen molar-refractivity contribution in [3.05, 3.63) is 34.1 Å². The number of halogens is 1. The van der Waals surface area contributed by atoms with Gasteiger partial charge in [0, 0.05) is 19.2 Å². The molecule has 0 aromatic heterocycles. The molecule has 0 amide bonds. The number of benzene rings is 1. The van der Waals surface area contributed by atoms with E-state index < -0.39 is 10.7 Å². The topological polar surface area (TPSA) is 72.4 Å². The minimum Gasteiger partial charge on any atom is -0.363 e. The molecule has 1 aliphatic rings. The molecule has 1 aliphatic heterocycles. The standard InChI is InChI=1S/C13H18FN3O2/c1-9-5-6-16(8-10(9)7-15)13-11(14)3-2-4-12(13)17(18)19/h2-4,9-10H,5-8,15H2,1H3. The molecule has 5 nitrogen and oxygen atoms in total. The predicted molar refractivity (Wildman–Crippen MR) is 71.6 cm³/mol. The van der Waals surface area contributed by atoms with Crippen LogP contribution in [0, 0.1) is 27.8 Å². The van der Waals surface area contributed by atoms with Crippen molar-refractivity contribution in [3.63, 3.8) is 0 Å². The van der Waals surface area contributed by atoms with E-state index >= 15 is 0 Å². The Morgan fingerprint density at radius 3 is 2.95 bits per heavy atom. The van der Waals surface area contributed by atoms with Crippen LogP contribution in [0.25, 0.3) is 0 Å². The van der Waals surface area contributed by atoms with Gasteiger partial charge in [0.25, 0.3) is 5.69 Å². The van der Waals surface area contributed by atoms with E-state index in [1.165, 1.54) is 18.2 Å². The molecule has 0 aliphatic carbocycles. The molecule has 0 spiro atoms. The predicted octanol–water partition coefficient (Wildman–Crippen LogP) is 2.16. The zero-order valence-electron chi connectivity index (χ0n) is 10.9. The third-order valence-corrected chi connectivity index (χ3v) is 3.90. The number of para-hydroxylation sites is 1. The normalized spacial score (nSPS) is 23.4. The number of nitrogens with two attached hydrogens (primary N) is 1. The average molecular weight is 267 g/mol. The van der Waals surface area contributed by atoms with Crippen molar-refractivity contribution in [3.8, 4) is 0 Å². The summed E-state index contributed by atoms with van der Waals surface area (Å²) in [6.07, 6.45) is 0.868. The van der Waals surface area contributed by atoms with Crippen LogP contribution in [-0.2, 0) is 0 Å². The van der Waals surface area contributed by atoms with Gasteiger partial charge in [0.2, 0.25) is 0 Å². The maximum Gasteiger partial charge on any atom is 0.295 e. The van der Waals surface area contributed by atoms with Crippen LogP contribution in [0.3, 0.4) is 0 Å². The van der Waals surface area contributed by atoms with Crippen molar-refractivity contribution < 1.29 is 9.31 Å². The summed E-state index contributed by atoms with van der Waals surface area (Å²) in [6, 6.07) is 3.97. The SMILES string of the molecule is CC1CCN(c2c(F)cccc2[N+](=O)[O-])CC1CN. The number of nitro benzene ring substituents is 1. The Kier molecular flexibility index (Phi) is 3.99. The monoisotopic (exact) mass is 267 g/mol. The molecule has 104 valence electrons. The lowest BCUT2D eigenvalue weighted by molar-refractivity contribution is -0.384. The Labute approximate surface area is 111 Å². The highest BCUT2D eigenvalue weighted by molar-refractivity contribution is 5.64. The van der Waals surface area contributed by atoms with Crippen LogP contribution in [0.5, 0.6) is 0 Å². The van der Waals surface area contributed by atoms with E-state index in [0.29, 0.717) is 25.6 Å². The number of piperidine rings is 1. The zero-order valence-corrected chi connectivity index (χ0v) is 10.9. The van der Waals surface area contributed by atoms with Crippen LogP contribution < -0.4 is 10.6 Å². The molecule has 1 aromatic rings. The van der Waals surface area contributed by atoms with E-state index in [-0.39, 0.29) is 17.3 Å². The van der Waals surface area contributed by atoms with Gasteiger partial charge in [0.1, 0.15) is 0 Å². The first-order chi connectivity index (χ1) is 9.04. The molecule has 2 rings (SSSR count). The molecule has 0 bridgehead atoms. The summed E-state index contributed by atoms with van der Waals surface area (Å²) < 4.78 is 13.9. The largest absolute Gasteiger partial charge is 0.363 e. The van der Waals surface area contributed by atoms with Gasteiger partial charge in [-0.1, -0.05) is 13.0 Å². The molecule has 19 heavy (non-hydrogen) atoms. The fraction of sp³-hybridized carbons (Fsp3) is 0.538. The van der Waals surface area contributed by atoms with E-state index in [1.807, 2.05) is 0 Å². The highest BCUT2D eigenvalue weighted by Crippen LogP contribution is 2.35. The molecule has 1 heterocycles. The molecular weight excluding hydrogens is 249 g/mol. The third-order valence-electron chi connectivity index (χ3n) is 3.90. The molecule has 1 fully saturated rings. The van der Waals surface area contributed by atoms with Gasteiger partial charge in [0.15, 0.2) is 11.5 Å². The van der Waals surface area contributed by atoms with Crippen molar-refractivity contribution >= 4 is 11.4 Å². The first-order valence-electron chi connectivity index (χ1n) is 6.42. The number of hydrogen-bond donors (Lipinski definition) is 1. The summed E-state index contributed by atoms with van der Waals surface area (Å²) in [5.41, 5.74) is 5.64.